The Balaban J connectivity index is 2.11. The van der Waals surface area contributed by atoms with Crippen LogP contribution < -0.4 is 4.90 Å². The van der Waals surface area contributed by atoms with Crippen molar-refractivity contribution in [3.05, 3.63) is 23.4 Å². The highest BCUT2D eigenvalue weighted by atomic mass is 16.5. The van der Waals surface area contributed by atoms with E-state index in [1.54, 1.807) is 12.1 Å². The summed E-state index contributed by atoms with van der Waals surface area (Å²) in [4.78, 5) is 17.8. The minimum absolute atomic E-state index is 0.205. The van der Waals surface area contributed by atoms with Crippen molar-refractivity contribution in [2.75, 3.05) is 31.7 Å². The number of nitrogens with zero attached hydrogens (tertiary/aromatic N) is 3. The Kier molecular flexibility index (Phi) is 4.53. The van der Waals surface area contributed by atoms with Gasteiger partial charge in [0.25, 0.3) is 0 Å². The smallest absolute Gasteiger partial charge is 0.308 e. The molecule has 2 heterocycles. The van der Waals surface area contributed by atoms with Crippen molar-refractivity contribution in [2.24, 2.45) is 0 Å². The molecule has 1 aliphatic rings. The third kappa shape index (κ3) is 3.45. The van der Waals surface area contributed by atoms with Gasteiger partial charge in [0.05, 0.1) is 37.9 Å². The molecule has 6 nitrogen and oxygen atoms in total. The number of morpholine rings is 1. The van der Waals surface area contributed by atoms with Gasteiger partial charge in [-0.2, -0.15) is 5.26 Å². The number of ether oxygens (including phenoxy) is 2. The highest BCUT2D eigenvalue weighted by molar-refractivity contribution is 5.70. The Hall–Kier alpha value is -2.13. The summed E-state index contributed by atoms with van der Waals surface area (Å²) >= 11 is 0. The first-order chi connectivity index (χ1) is 9.62. The molecule has 1 aliphatic heterocycles. The van der Waals surface area contributed by atoms with Crippen LogP contribution in [0.5, 0.6) is 0 Å². The number of nitriles is 1. The average Bonchev–Trinajstić information content (AvgIpc) is 2.46. The molecule has 0 aliphatic carbocycles. The lowest BCUT2D eigenvalue weighted by atomic mass is 10.2. The number of pyridine rings is 1. The second kappa shape index (κ2) is 6.35. The van der Waals surface area contributed by atoms with Gasteiger partial charge in [0.2, 0.25) is 0 Å². The lowest BCUT2D eigenvalue weighted by molar-refractivity contribution is -0.144. The summed E-state index contributed by atoms with van der Waals surface area (Å²) in [5.74, 6) is 0.464. The third-order valence-electron chi connectivity index (χ3n) is 3.15. The third-order valence-corrected chi connectivity index (χ3v) is 3.15. The topological polar surface area (TPSA) is 75.5 Å². The van der Waals surface area contributed by atoms with E-state index >= 15 is 0 Å². The van der Waals surface area contributed by atoms with Gasteiger partial charge in [0.15, 0.2) is 0 Å². The number of esters is 1. The fraction of sp³-hybridized carbons (Fsp3) is 0.500. The maximum Gasteiger partial charge on any atom is 0.308 e. The first-order valence-electron chi connectivity index (χ1n) is 6.44. The summed E-state index contributed by atoms with van der Waals surface area (Å²) in [6, 6.07) is 5.63. The van der Waals surface area contributed by atoms with Gasteiger partial charge in [0, 0.05) is 18.8 Å². The van der Waals surface area contributed by atoms with Crippen LogP contribution in [-0.2, 0) is 14.3 Å². The Bertz CT molecular complexity index is 539. The molecule has 0 bridgehead atoms. The first-order valence-corrected chi connectivity index (χ1v) is 6.44. The predicted molar refractivity (Wildman–Crippen MR) is 72.3 cm³/mol. The van der Waals surface area contributed by atoms with Crippen molar-refractivity contribution in [3.63, 3.8) is 0 Å². The number of methoxy groups -OCH3 is 1. The van der Waals surface area contributed by atoms with E-state index in [0.29, 0.717) is 25.3 Å². The summed E-state index contributed by atoms with van der Waals surface area (Å²) in [5, 5.41) is 9.01. The zero-order valence-corrected chi connectivity index (χ0v) is 11.6. The van der Waals surface area contributed by atoms with E-state index in [9.17, 15) is 4.79 Å². The SMILES string of the molecule is COC(=O)CC1CN(c2cc(C#N)cc(C)n2)CCO1. The van der Waals surface area contributed by atoms with Gasteiger partial charge in [-0.25, -0.2) is 4.98 Å². The molecule has 0 spiro atoms. The van der Waals surface area contributed by atoms with Crippen molar-refractivity contribution in [3.8, 4) is 6.07 Å². The maximum atomic E-state index is 11.3. The lowest BCUT2D eigenvalue weighted by Crippen LogP contribution is -2.44. The van der Waals surface area contributed by atoms with E-state index in [1.807, 2.05) is 11.8 Å². The maximum absolute atomic E-state index is 11.3. The molecular weight excluding hydrogens is 258 g/mol. The number of hydrogen-bond acceptors (Lipinski definition) is 6. The van der Waals surface area contributed by atoms with E-state index < -0.39 is 0 Å². The van der Waals surface area contributed by atoms with Crippen LogP contribution in [0, 0.1) is 18.3 Å². The molecule has 1 fully saturated rings. The van der Waals surface area contributed by atoms with Gasteiger partial charge < -0.3 is 14.4 Å². The molecule has 1 saturated heterocycles. The van der Waals surface area contributed by atoms with Gasteiger partial charge >= 0.3 is 5.97 Å². The molecule has 0 aromatic carbocycles. The molecule has 1 atom stereocenters. The van der Waals surface area contributed by atoms with Crippen LogP contribution in [-0.4, -0.2) is 43.9 Å². The molecule has 0 N–H and O–H groups in total. The monoisotopic (exact) mass is 275 g/mol. The number of carbonyl (C=O) groups excluding carboxylic acids is 1. The molecule has 0 amide bonds. The molecule has 0 radical (unpaired) electrons. The van der Waals surface area contributed by atoms with Crippen LogP contribution >= 0.6 is 0 Å². The molecule has 1 aromatic heterocycles. The van der Waals surface area contributed by atoms with Crippen molar-refractivity contribution in [1.29, 1.82) is 5.26 Å². The molecular formula is C14H17N3O3. The van der Waals surface area contributed by atoms with Gasteiger partial charge in [-0.05, 0) is 19.1 Å². The number of aryl methyl sites for hydroxylation is 1. The van der Waals surface area contributed by atoms with E-state index in [4.69, 9.17) is 10.00 Å². The van der Waals surface area contributed by atoms with Crippen LogP contribution in [0.4, 0.5) is 5.82 Å². The van der Waals surface area contributed by atoms with E-state index in [-0.39, 0.29) is 18.5 Å². The normalized spacial score (nSPS) is 18.4. The standard InChI is InChI=1S/C14H17N3O3/c1-10-5-11(8-15)6-13(16-10)17-3-4-20-12(9-17)7-14(18)19-2/h5-6,12H,3-4,7,9H2,1-2H3. The second-order valence-electron chi connectivity index (χ2n) is 4.69. The Labute approximate surface area is 117 Å². The van der Waals surface area contributed by atoms with Crippen LogP contribution in [0.25, 0.3) is 0 Å². The summed E-state index contributed by atoms with van der Waals surface area (Å²) < 4.78 is 10.2. The highest BCUT2D eigenvalue weighted by Crippen LogP contribution is 2.19. The number of anilines is 1. The van der Waals surface area contributed by atoms with E-state index in [2.05, 4.69) is 15.8 Å². The van der Waals surface area contributed by atoms with Crippen LogP contribution in [0.15, 0.2) is 12.1 Å². The fourth-order valence-corrected chi connectivity index (χ4v) is 2.20. The molecule has 1 aromatic rings. The number of rotatable bonds is 3. The molecule has 20 heavy (non-hydrogen) atoms. The van der Waals surface area contributed by atoms with Crippen molar-refractivity contribution >= 4 is 11.8 Å². The molecule has 106 valence electrons. The summed E-state index contributed by atoms with van der Waals surface area (Å²) in [7, 11) is 1.37. The highest BCUT2D eigenvalue weighted by Gasteiger charge is 2.24. The zero-order valence-electron chi connectivity index (χ0n) is 11.6. The Morgan fingerprint density at radius 2 is 2.45 bits per heavy atom. The van der Waals surface area contributed by atoms with Crippen LogP contribution in [0.2, 0.25) is 0 Å². The van der Waals surface area contributed by atoms with Crippen molar-refractivity contribution in [2.45, 2.75) is 19.4 Å². The van der Waals surface area contributed by atoms with Gasteiger partial charge in [0.1, 0.15) is 5.82 Å². The minimum Gasteiger partial charge on any atom is -0.469 e. The number of hydrogen-bond donors (Lipinski definition) is 0. The molecule has 2 rings (SSSR count). The zero-order chi connectivity index (χ0) is 14.5. The summed E-state index contributed by atoms with van der Waals surface area (Å²) in [6.45, 7) is 3.64. The molecule has 6 heteroatoms. The second-order valence-corrected chi connectivity index (χ2v) is 4.69. The molecule has 1 unspecified atom stereocenters. The van der Waals surface area contributed by atoms with E-state index in [1.165, 1.54) is 7.11 Å². The minimum atomic E-state index is -0.285. The van der Waals surface area contributed by atoms with Crippen LogP contribution in [0.1, 0.15) is 17.7 Å². The van der Waals surface area contributed by atoms with Gasteiger partial charge in [-0.3, -0.25) is 4.79 Å². The van der Waals surface area contributed by atoms with Crippen molar-refractivity contribution in [1.82, 2.24) is 4.98 Å². The fourth-order valence-electron chi connectivity index (χ4n) is 2.20. The number of aromatic nitrogens is 1. The lowest BCUT2D eigenvalue weighted by Gasteiger charge is -2.33. The summed E-state index contributed by atoms with van der Waals surface area (Å²) in [5.41, 5.74) is 1.39. The molecule has 0 saturated carbocycles. The van der Waals surface area contributed by atoms with Gasteiger partial charge in [-0.15, -0.1) is 0 Å². The Morgan fingerprint density at radius 1 is 1.65 bits per heavy atom. The number of carbonyl (C=O) groups is 1. The largest absolute Gasteiger partial charge is 0.469 e. The average molecular weight is 275 g/mol. The Morgan fingerprint density at radius 3 is 3.15 bits per heavy atom. The first kappa shape index (κ1) is 14.3. The quantitative estimate of drug-likeness (QED) is 0.767. The predicted octanol–water partition coefficient (Wildman–Crippen LogP) is 1.03. The van der Waals surface area contributed by atoms with E-state index in [0.717, 1.165) is 11.5 Å². The van der Waals surface area contributed by atoms with Crippen molar-refractivity contribution < 1.29 is 14.3 Å². The summed E-state index contributed by atoms with van der Waals surface area (Å²) in [6.07, 6.45) is 0.0215. The van der Waals surface area contributed by atoms with Gasteiger partial charge in [-0.1, -0.05) is 0 Å². The van der Waals surface area contributed by atoms with Crippen LogP contribution in [0.3, 0.4) is 0 Å².